The maximum absolute atomic E-state index is 2.40. The molecule has 3 heteroatoms. The van der Waals surface area contributed by atoms with Crippen molar-refractivity contribution < 1.29 is 51.0 Å². The Bertz CT molecular complexity index is 513. The van der Waals surface area contributed by atoms with Gasteiger partial charge in [0.2, 0.25) is 0 Å². The van der Waals surface area contributed by atoms with Crippen LogP contribution in [0.25, 0.3) is 0 Å². The number of hydrogen-bond donors (Lipinski definition) is 0. The first-order chi connectivity index (χ1) is 12.6. The summed E-state index contributed by atoms with van der Waals surface area (Å²) in [5.41, 5.74) is 9.36. The van der Waals surface area contributed by atoms with E-state index in [0.29, 0.717) is 0 Å². The molecule has 0 aromatic heterocycles. The first kappa shape index (κ1) is 33.8. The molecule has 0 saturated heterocycles. The van der Waals surface area contributed by atoms with Gasteiger partial charge in [-0.25, -0.2) is 12.1 Å². The molecule has 0 atom stereocenters. The van der Waals surface area contributed by atoms with Crippen molar-refractivity contribution in [3.63, 3.8) is 0 Å². The molecule has 0 spiro atoms. The third-order valence-corrected chi connectivity index (χ3v) is 5.43. The summed E-state index contributed by atoms with van der Waals surface area (Å²) in [5, 5.41) is 0. The van der Waals surface area contributed by atoms with Crippen LogP contribution in [0.2, 0.25) is 0 Å². The Hall–Kier alpha value is 0.163. The number of rotatable bonds is 10. The van der Waals surface area contributed by atoms with E-state index in [-0.39, 0.29) is 51.0 Å². The molecule has 0 unspecified atom stereocenters. The van der Waals surface area contributed by atoms with Crippen LogP contribution in [0.5, 0.6) is 0 Å². The molecule has 29 heavy (non-hydrogen) atoms. The Morgan fingerprint density at radius 1 is 0.621 bits per heavy atom. The second kappa shape index (κ2) is 20.1. The minimum atomic E-state index is 0. The Balaban J connectivity index is -0.000000422. The first-order valence-corrected chi connectivity index (χ1v) is 11.2. The number of unbranched alkanes of at least 4 members (excludes halogenated alkanes) is 2. The smallest absolute Gasteiger partial charge is 1.00 e. The molecule has 0 aliphatic rings. The van der Waals surface area contributed by atoms with Crippen molar-refractivity contribution in [2.45, 2.75) is 106 Å². The molecule has 0 aliphatic carbocycles. The normalized spacial score (nSPS) is 9.59. The number of hydrogen-bond acceptors (Lipinski definition) is 0. The Kier molecular flexibility index (Phi) is 23.4. The van der Waals surface area contributed by atoms with Crippen LogP contribution in [0, 0.1) is 0 Å². The summed E-state index contributed by atoms with van der Waals surface area (Å²) < 4.78 is 0. The quantitative estimate of drug-likeness (QED) is 0.422. The average Bonchev–Trinajstić information content (AvgIpc) is 3.27. The van der Waals surface area contributed by atoms with Crippen molar-refractivity contribution in [2.24, 2.45) is 0 Å². The van der Waals surface area contributed by atoms with E-state index in [2.05, 4.69) is 65.8 Å². The molecule has 2 aromatic rings. The molecule has 0 nitrogen and oxygen atoms in total. The van der Waals surface area contributed by atoms with Crippen LogP contribution in [0.3, 0.4) is 0 Å². The second-order valence-electron chi connectivity index (χ2n) is 7.45. The SMILES string of the molecule is CCCCc1cc(CC)[c-](CC)c1.CCCCc1cc(CC)[c-](CC)c1.[Cl-].[Cl-].[Zr+4]. The molecule has 2 rings (SSSR count). The molecule has 0 aliphatic heterocycles. The summed E-state index contributed by atoms with van der Waals surface area (Å²) in [7, 11) is 0. The molecular formula is C26H42Cl2Zr. The van der Waals surface area contributed by atoms with Gasteiger partial charge in [0, 0.05) is 0 Å². The van der Waals surface area contributed by atoms with Crippen LogP contribution in [-0.4, -0.2) is 0 Å². The van der Waals surface area contributed by atoms with Gasteiger partial charge in [0.15, 0.2) is 0 Å². The molecule has 0 fully saturated rings. The fourth-order valence-corrected chi connectivity index (χ4v) is 3.72. The van der Waals surface area contributed by atoms with Gasteiger partial charge in [-0.15, -0.1) is 0 Å². The van der Waals surface area contributed by atoms with E-state index in [9.17, 15) is 0 Å². The monoisotopic (exact) mass is 514 g/mol. The Labute approximate surface area is 213 Å². The summed E-state index contributed by atoms with van der Waals surface area (Å²) in [4.78, 5) is 0. The Morgan fingerprint density at radius 3 is 1.17 bits per heavy atom. The van der Waals surface area contributed by atoms with Gasteiger partial charge in [0.25, 0.3) is 0 Å². The van der Waals surface area contributed by atoms with Gasteiger partial charge in [-0.3, -0.25) is 0 Å². The summed E-state index contributed by atoms with van der Waals surface area (Å²) in [6.07, 6.45) is 12.6. The summed E-state index contributed by atoms with van der Waals surface area (Å²) >= 11 is 0. The van der Waals surface area contributed by atoms with Crippen molar-refractivity contribution in [2.75, 3.05) is 0 Å². The third-order valence-electron chi connectivity index (χ3n) is 5.43. The maximum Gasteiger partial charge on any atom is 4.00 e. The van der Waals surface area contributed by atoms with Crippen LogP contribution in [0.4, 0.5) is 0 Å². The van der Waals surface area contributed by atoms with Gasteiger partial charge in [-0.05, 0) is 0 Å². The second-order valence-corrected chi connectivity index (χ2v) is 7.45. The maximum atomic E-state index is 2.40. The molecule has 2 aromatic carbocycles. The number of halogens is 2. The number of aryl methyl sites for hydroxylation is 6. The minimum Gasteiger partial charge on any atom is -1.00 e. The fourth-order valence-electron chi connectivity index (χ4n) is 3.72. The van der Waals surface area contributed by atoms with Crippen molar-refractivity contribution in [1.29, 1.82) is 0 Å². The first-order valence-electron chi connectivity index (χ1n) is 11.2. The molecule has 0 heterocycles. The zero-order valence-electron chi connectivity index (χ0n) is 19.6. The average molecular weight is 517 g/mol. The van der Waals surface area contributed by atoms with Crippen molar-refractivity contribution in [3.05, 3.63) is 57.6 Å². The van der Waals surface area contributed by atoms with Gasteiger partial charge < -0.3 is 24.8 Å². The van der Waals surface area contributed by atoms with Crippen LogP contribution in [0.1, 0.15) is 101 Å². The summed E-state index contributed by atoms with van der Waals surface area (Å²) in [6, 6.07) is 9.59. The standard InChI is InChI=1S/2C13H21.2ClH.Zr/c2*1-4-7-8-11-9-12(5-2)13(6-3)10-11;;;/h2*9-10H,4-8H2,1-3H3;2*1H;/q2*-1;;;+4/p-2. The third kappa shape index (κ3) is 12.0. The van der Waals surface area contributed by atoms with Gasteiger partial charge in [0.1, 0.15) is 0 Å². The van der Waals surface area contributed by atoms with Crippen molar-refractivity contribution >= 4 is 0 Å². The van der Waals surface area contributed by atoms with Crippen molar-refractivity contribution in [1.82, 2.24) is 0 Å². The van der Waals surface area contributed by atoms with Crippen LogP contribution in [-0.2, 0) is 64.7 Å². The Morgan fingerprint density at radius 2 is 0.966 bits per heavy atom. The zero-order chi connectivity index (χ0) is 19.4. The van der Waals surface area contributed by atoms with Crippen LogP contribution >= 0.6 is 0 Å². The largest absolute Gasteiger partial charge is 4.00 e. The zero-order valence-corrected chi connectivity index (χ0v) is 23.6. The molecule has 0 saturated carbocycles. The fraction of sp³-hybridized carbons (Fsp3) is 0.615. The predicted molar refractivity (Wildman–Crippen MR) is 119 cm³/mol. The molecule has 164 valence electrons. The molecule has 0 N–H and O–H groups in total. The summed E-state index contributed by atoms with van der Waals surface area (Å²) in [6.45, 7) is 13.5. The van der Waals surface area contributed by atoms with Crippen molar-refractivity contribution in [3.8, 4) is 0 Å². The van der Waals surface area contributed by atoms with Crippen LogP contribution < -0.4 is 24.8 Å². The molecule has 0 amide bonds. The van der Waals surface area contributed by atoms with Gasteiger partial charge in [-0.1, -0.05) is 106 Å². The van der Waals surface area contributed by atoms with E-state index >= 15 is 0 Å². The van der Waals surface area contributed by atoms with Gasteiger partial charge in [0.05, 0.1) is 0 Å². The molecular weight excluding hydrogens is 474 g/mol. The van der Waals surface area contributed by atoms with E-state index in [1.165, 1.54) is 64.2 Å². The van der Waals surface area contributed by atoms with E-state index in [0.717, 1.165) is 0 Å². The van der Waals surface area contributed by atoms with E-state index in [4.69, 9.17) is 0 Å². The van der Waals surface area contributed by atoms with Crippen LogP contribution in [0.15, 0.2) is 24.3 Å². The van der Waals surface area contributed by atoms with E-state index < -0.39 is 0 Å². The predicted octanol–water partition coefficient (Wildman–Crippen LogP) is 1.75. The van der Waals surface area contributed by atoms with Gasteiger partial charge in [-0.2, -0.15) is 45.5 Å². The van der Waals surface area contributed by atoms with E-state index in [1.807, 2.05) is 0 Å². The topological polar surface area (TPSA) is 0 Å². The van der Waals surface area contributed by atoms with Gasteiger partial charge >= 0.3 is 26.2 Å². The molecule has 0 radical (unpaired) electrons. The van der Waals surface area contributed by atoms with E-state index in [1.54, 1.807) is 33.4 Å². The minimum absolute atomic E-state index is 0. The molecule has 0 bridgehead atoms. The summed E-state index contributed by atoms with van der Waals surface area (Å²) in [5.74, 6) is 0.